The zero-order valence-electron chi connectivity index (χ0n) is 9.13. The molecule has 1 N–H and O–H groups in total. The summed E-state index contributed by atoms with van der Waals surface area (Å²) in [5.74, 6) is -0.542. The van der Waals surface area contributed by atoms with Crippen LogP contribution in [0.1, 0.15) is 0 Å². The van der Waals surface area contributed by atoms with Gasteiger partial charge in [0.15, 0.2) is 0 Å². The largest absolute Gasteiger partial charge is 0.322 e. The van der Waals surface area contributed by atoms with Gasteiger partial charge < -0.3 is 10.2 Å². The molecule has 1 aromatic carbocycles. The Morgan fingerprint density at radius 2 is 2.00 bits per heavy atom. The molecular formula is C10H9BrCl3FN2O. The second kappa shape index (κ2) is 6.28. The summed E-state index contributed by atoms with van der Waals surface area (Å²) < 4.78 is 11.6. The number of alkyl halides is 4. The lowest BCUT2D eigenvalue weighted by Crippen LogP contribution is -2.43. The summed E-state index contributed by atoms with van der Waals surface area (Å²) in [7, 11) is 1.41. The van der Waals surface area contributed by atoms with Crippen LogP contribution in [0.15, 0.2) is 24.3 Å². The highest BCUT2D eigenvalue weighted by atomic mass is 79.9. The van der Waals surface area contributed by atoms with Gasteiger partial charge in [-0.1, -0.05) is 62.9 Å². The molecular weight excluding hydrogens is 369 g/mol. The highest BCUT2D eigenvalue weighted by Gasteiger charge is 2.35. The van der Waals surface area contributed by atoms with Crippen LogP contribution in [0.3, 0.4) is 0 Å². The van der Waals surface area contributed by atoms with Gasteiger partial charge in [-0.2, -0.15) is 0 Å². The molecule has 3 nitrogen and oxygen atoms in total. The third-order valence-electron chi connectivity index (χ3n) is 2.05. The van der Waals surface area contributed by atoms with Crippen LogP contribution < -0.4 is 5.32 Å². The smallest absolute Gasteiger partial charge is 0.311 e. The van der Waals surface area contributed by atoms with Crippen molar-refractivity contribution < 1.29 is 9.18 Å². The van der Waals surface area contributed by atoms with E-state index in [1.54, 1.807) is 6.07 Å². The fourth-order valence-corrected chi connectivity index (χ4v) is 1.71. The first kappa shape index (κ1) is 15.8. The summed E-state index contributed by atoms with van der Waals surface area (Å²) in [6.07, 6.45) is 0. The van der Waals surface area contributed by atoms with Gasteiger partial charge in [0.05, 0.1) is 5.69 Å². The molecule has 1 aromatic rings. The molecule has 0 fully saturated rings. The molecule has 0 bridgehead atoms. The van der Waals surface area contributed by atoms with Gasteiger partial charge in [-0.05, 0) is 12.1 Å². The van der Waals surface area contributed by atoms with Crippen molar-refractivity contribution in [1.29, 1.82) is 0 Å². The lowest BCUT2D eigenvalue weighted by molar-refractivity contribution is 0.220. The van der Waals surface area contributed by atoms with Crippen LogP contribution in [0.25, 0.3) is 0 Å². The Bertz CT molecular complexity index is 441. The number of anilines is 1. The molecule has 0 aromatic heterocycles. The normalized spacial score (nSPS) is 13.0. The molecule has 0 aliphatic heterocycles. The number of amides is 2. The van der Waals surface area contributed by atoms with E-state index in [0.717, 1.165) is 4.90 Å². The predicted octanol–water partition coefficient (Wildman–Crippen LogP) is 4.38. The lowest BCUT2D eigenvalue weighted by Gasteiger charge is -2.28. The number of carbonyl (C=O) groups excluding carboxylic acids is 1. The number of para-hydroxylation sites is 1. The zero-order chi connectivity index (χ0) is 13.9. The Hall–Kier alpha value is -0.230. The molecule has 0 aliphatic rings. The minimum absolute atomic E-state index is 0.0540. The lowest BCUT2D eigenvalue weighted by atomic mass is 10.3. The maximum Gasteiger partial charge on any atom is 0.322 e. The van der Waals surface area contributed by atoms with E-state index < -0.39 is 20.6 Å². The fourth-order valence-electron chi connectivity index (χ4n) is 1.09. The van der Waals surface area contributed by atoms with Crippen LogP contribution in [0.5, 0.6) is 0 Å². The Kier molecular flexibility index (Phi) is 5.52. The Morgan fingerprint density at radius 1 is 1.44 bits per heavy atom. The maximum absolute atomic E-state index is 13.3. The molecule has 0 aliphatic carbocycles. The second-order valence-electron chi connectivity index (χ2n) is 3.40. The van der Waals surface area contributed by atoms with Crippen LogP contribution in [0.2, 0.25) is 0 Å². The summed E-state index contributed by atoms with van der Waals surface area (Å²) in [4.78, 5) is 12.1. The van der Waals surface area contributed by atoms with Crippen molar-refractivity contribution in [2.75, 3.05) is 12.4 Å². The average Bonchev–Trinajstić information content (AvgIpc) is 2.29. The van der Waals surface area contributed by atoms with Gasteiger partial charge in [-0.15, -0.1) is 0 Å². The van der Waals surface area contributed by atoms with Crippen LogP contribution >= 0.6 is 50.7 Å². The van der Waals surface area contributed by atoms with E-state index in [9.17, 15) is 9.18 Å². The number of hydrogen-bond acceptors (Lipinski definition) is 1. The van der Waals surface area contributed by atoms with Crippen molar-refractivity contribution in [3.63, 3.8) is 0 Å². The Balaban J connectivity index is 2.75. The average molecular weight is 378 g/mol. The number of benzene rings is 1. The van der Waals surface area contributed by atoms with Gasteiger partial charge in [-0.3, -0.25) is 0 Å². The van der Waals surface area contributed by atoms with Crippen molar-refractivity contribution in [2.24, 2.45) is 0 Å². The number of urea groups is 1. The molecule has 0 heterocycles. The first-order valence-corrected chi connectivity index (χ1v) is 6.77. The van der Waals surface area contributed by atoms with Gasteiger partial charge in [0.25, 0.3) is 0 Å². The topological polar surface area (TPSA) is 32.3 Å². The van der Waals surface area contributed by atoms with E-state index >= 15 is 0 Å². The predicted molar refractivity (Wildman–Crippen MR) is 76.2 cm³/mol. The molecule has 0 saturated carbocycles. The van der Waals surface area contributed by atoms with Gasteiger partial charge in [0, 0.05) is 7.05 Å². The van der Waals surface area contributed by atoms with Gasteiger partial charge >= 0.3 is 6.03 Å². The standard InChI is InChI=1S/C10H9BrCl3FN2O/c1-17(8(11)10(12,13)14)9(18)16-7-5-3-2-4-6(7)15/h2-5,8H,1H3,(H,16,18). The minimum Gasteiger partial charge on any atom is -0.311 e. The van der Waals surface area contributed by atoms with E-state index in [4.69, 9.17) is 34.8 Å². The molecule has 0 radical (unpaired) electrons. The molecule has 100 valence electrons. The Morgan fingerprint density at radius 3 is 2.50 bits per heavy atom. The molecule has 8 heteroatoms. The number of hydrogen-bond donors (Lipinski definition) is 1. The third kappa shape index (κ3) is 4.16. The van der Waals surface area contributed by atoms with Crippen LogP contribution in [-0.2, 0) is 0 Å². The van der Waals surface area contributed by atoms with Crippen molar-refractivity contribution in [1.82, 2.24) is 4.90 Å². The zero-order valence-corrected chi connectivity index (χ0v) is 13.0. The summed E-state index contributed by atoms with van der Waals surface area (Å²) in [5, 5.41) is 2.37. The van der Waals surface area contributed by atoms with E-state index in [2.05, 4.69) is 21.2 Å². The SMILES string of the molecule is CN(C(=O)Nc1ccccc1F)C(Br)C(Cl)(Cl)Cl. The van der Waals surface area contributed by atoms with Gasteiger partial charge in [-0.25, -0.2) is 9.18 Å². The van der Waals surface area contributed by atoms with E-state index in [0.29, 0.717) is 0 Å². The van der Waals surface area contributed by atoms with Crippen molar-refractivity contribution in [3.8, 4) is 0 Å². The summed E-state index contributed by atoms with van der Waals surface area (Å²) in [6.45, 7) is 0. The van der Waals surface area contributed by atoms with Crippen LogP contribution in [0.4, 0.5) is 14.9 Å². The number of nitrogens with one attached hydrogen (secondary N) is 1. The Labute approximate surface area is 127 Å². The summed E-state index contributed by atoms with van der Waals surface area (Å²) >= 11 is 20.0. The molecule has 1 atom stereocenters. The van der Waals surface area contributed by atoms with Crippen LogP contribution in [0, 0.1) is 5.82 Å². The van der Waals surface area contributed by atoms with Gasteiger partial charge in [0.1, 0.15) is 10.8 Å². The number of nitrogens with zero attached hydrogens (tertiary/aromatic N) is 1. The molecule has 1 rings (SSSR count). The maximum atomic E-state index is 13.3. The number of rotatable bonds is 2. The molecule has 1 unspecified atom stereocenters. The summed E-state index contributed by atoms with van der Waals surface area (Å²) in [5.41, 5.74) is 0.0540. The molecule has 0 spiro atoms. The first-order valence-electron chi connectivity index (χ1n) is 4.72. The molecule has 2 amide bonds. The van der Waals surface area contributed by atoms with E-state index in [1.807, 2.05) is 0 Å². The monoisotopic (exact) mass is 376 g/mol. The molecule has 18 heavy (non-hydrogen) atoms. The molecule has 0 saturated heterocycles. The fraction of sp³-hybridized carbons (Fsp3) is 0.300. The third-order valence-corrected chi connectivity index (χ3v) is 4.76. The van der Waals surface area contributed by atoms with E-state index in [1.165, 1.54) is 25.2 Å². The number of halogens is 5. The van der Waals surface area contributed by atoms with E-state index in [-0.39, 0.29) is 5.69 Å². The van der Waals surface area contributed by atoms with Crippen molar-refractivity contribution in [2.45, 2.75) is 8.74 Å². The van der Waals surface area contributed by atoms with Crippen LogP contribution in [-0.4, -0.2) is 26.7 Å². The van der Waals surface area contributed by atoms with Crippen molar-refractivity contribution in [3.05, 3.63) is 30.1 Å². The van der Waals surface area contributed by atoms with Crippen molar-refractivity contribution >= 4 is 62.5 Å². The highest BCUT2D eigenvalue weighted by Crippen LogP contribution is 2.36. The van der Waals surface area contributed by atoms with Gasteiger partial charge in [0.2, 0.25) is 3.79 Å². The quantitative estimate of drug-likeness (QED) is 0.601. The second-order valence-corrected chi connectivity index (χ2v) is 6.63. The minimum atomic E-state index is -1.69. The highest BCUT2D eigenvalue weighted by molar-refractivity contribution is 9.09. The first-order chi connectivity index (χ1) is 8.23. The number of carbonyl (C=O) groups is 1. The summed E-state index contributed by atoms with van der Waals surface area (Å²) in [6, 6.07) is 5.17.